The summed E-state index contributed by atoms with van der Waals surface area (Å²) in [5, 5.41) is 0. The average Bonchev–Trinajstić information content (AvgIpc) is 2.65. The first-order valence-electron chi connectivity index (χ1n) is 6.99. The Morgan fingerprint density at radius 3 is 1.92 bits per heavy atom. The van der Waals surface area contributed by atoms with Crippen LogP contribution in [0.2, 0.25) is 0 Å². The van der Waals surface area contributed by atoms with Gasteiger partial charge in [0.1, 0.15) is 12.0 Å². The Balaban J connectivity index is 2.71. The van der Waals surface area contributed by atoms with Crippen molar-refractivity contribution in [2.75, 3.05) is 21.3 Å². The third kappa shape index (κ3) is 3.43. The van der Waals surface area contributed by atoms with Crippen LogP contribution < -0.4 is 4.74 Å². The van der Waals surface area contributed by atoms with E-state index in [9.17, 15) is 14.4 Å². The van der Waals surface area contributed by atoms with E-state index in [0.29, 0.717) is 28.7 Å². The highest BCUT2D eigenvalue weighted by molar-refractivity contribution is 5.98. The summed E-state index contributed by atoms with van der Waals surface area (Å²) < 4.78 is 14.7. The molecular formula is C18H16O6. The Morgan fingerprint density at radius 2 is 1.46 bits per heavy atom. The molecule has 0 saturated carbocycles. The molecule has 0 aliphatic rings. The third-order valence-corrected chi connectivity index (χ3v) is 3.45. The molecule has 0 unspecified atom stereocenters. The number of hydrogen-bond donors (Lipinski definition) is 0. The van der Waals surface area contributed by atoms with E-state index in [1.54, 1.807) is 30.3 Å². The molecule has 0 spiro atoms. The van der Waals surface area contributed by atoms with Crippen LogP contribution in [-0.2, 0) is 9.47 Å². The van der Waals surface area contributed by atoms with E-state index in [0.717, 1.165) is 0 Å². The number of ether oxygens (including phenoxy) is 3. The first-order valence-corrected chi connectivity index (χ1v) is 6.99. The standard InChI is InChI=1S/C18H16O6/c1-22-16-5-4-11(10-19)6-15(16)12-7-13(17(20)23-2)9-14(8-12)18(21)24-3/h4-10H,1-3H3. The number of methoxy groups -OCH3 is 3. The van der Waals surface area contributed by atoms with Gasteiger partial charge in [0, 0.05) is 11.1 Å². The Labute approximate surface area is 139 Å². The number of carbonyl (C=O) groups is 3. The van der Waals surface area contributed by atoms with Gasteiger partial charge < -0.3 is 14.2 Å². The van der Waals surface area contributed by atoms with Crippen LogP contribution in [0.5, 0.6) is 5.75 Å². The predicted octanol–water partition coefficient (Wildman–Crippen LogP) is 2.75. The summed E-state index contributed by atoms with van der Waals surface area (Å²) in [7, 11) is 3.99. The molecule has 24 heavy (non-hydrogen) atoms. The van der Waals surface area contributed by atoms with Gasteiger partial charge in [0.2, 0.25) is 0 Å². The van der Waals surface area contributed by atoms with Crippen molar-refractivity contribution in [1.82, 2.24) is 0 Å². The quantitative estimate of drug-likeness (QED) is 0.620. The maximum Gasteiger partial charge on any atom is 0.337 e. The molecule has 6 heteroatoms. The minimum absolute atomic E-state index is 0.189. The van der Waals surface area contributed by atoms with E-state index in [4.69, 9.17) is 14.2 Å². The molecule has 0 radical (unpaired) electrons. The van der Waals surface area contributed by atoms with Gasteiger partial charge in [-0.25, -0.2) is 9.59 Å². The minimum Gasteiger partial charge on any atom is -0.496 e. The van der Waals surface area contributed by atoms with Crippen molar-refractivity contribution in [2.24, 2.45) is 0 Å². The molecule has 124 valence electrons. The van der Waals surface area contributed by atoms with Crippen molar-refractivity contribution < 1.29 is 28.6 Å². The van der Waals surface area contributed by atoms with Crippen LogP contribution >= 0.6 is 0 Å². The monoisotopic (exact) mass is 328 g/mol. The number of aldehydes is 1. The second kappa shape index (κ2) is 7.41. The molecule has 0 amide bonds. The minimum atomic E-state index is -0.590. The van der Waals surface area contributed by atoms with Gasteiger partial charge in [-0.1, -0.05) is 0 Å². The summed E-state index contributed by atoms with van der Waals surface area (Å²) >= 11 is 0. The molecule has 0 N–H and O–H groups in total. The molecule has 0 aliphatic heterocycles. The van der Waals surface area contributed by atoms with Crippen molar-refractivity contribution >= 4 is 18.2 Å². The Hall–Kier alpha value is -3.15. The molecule has 2 aromatic carbocycles. The average molecular weight is 328 g/mol. The van der Waals surface area contributed by atoms with Gasteiger partial charge in [-0.05, 0) is 42.0 Å². The second-order valence-corrected chi connectivity index (χ2v) is 4.86. The molecule has 0 aliphatic carbocycles. The van der Waals surface area contributed by atoms with Crippen LogP contribution in [0.25, 0.3) is 11.1 Å². The Kier molecular flexibility index (Phi) is 5.31. The smallest absolute Gasteiger partial charge is 0.337 e. The maximum absolute atomic E-state index is 11.9. The lowest BCUT2D eigenvalue weighted by Gasteiger charge is -2.12. The summed E-state index contributed by atoms with van der Waals surface area (Å²) in [6.45, 7) is 0. The van der Waals surface area contributed by atoms with Crippen molar-refractivity contribution in [3.05, 3.63) is 53.1 Å². The summed E-state index contributed by atoms with van der Waals surface area (Å²) in [6.07, 6.45) is 0.703. The van der Waals surface area contributed by atoms with Gasteiger partial charge in [0.15, 0.2) is 0 Å². The van der Waals surface area contributed by atoms with Crippen LogP contribution in [0.1, 0.15) is 31.1 Å². The van der Waals surface area contributed by atoms with Crippen LogP contribution in [0.15, 0.2) is 36.4 Å². The van der Waals surface area contributed by atoms with Gasteiger partial charge in [-0.15, -0.1) is 0 Å². The number of hydrogen-bond acceptors (Lipinski definition) is 6. The van der Waals surface area contributed by atoms with Gasteiger partial charge in [0.05, 0.1) is 32.5 Å². The molecule has 0 atom stereocenters. The zero-order chi connectivity index (χ0) is 17.7. The predicted molar refractivity (Wildman–Crippen MR) is 86.5 cm³/mol. The molecule has 0 bridgehead atoms. The molecule has 0 heterocycles. The summed E-state index contributed by atoms with van der Waals surface area (Å²) in [5.74, 6) is -0.682. The van der Waals surface area contributed by atoms with Crippen LogP contribution in [0, 0.1) is 0 Å². The van der Waals surface area contributed by atoms with Crippen molar-refractivity contribution in [2.45, 2.75) is 0 Å². The highest BCUT2D eigenvalue weighted by atomic mass is 16.5. The molecule has 0 saturated heterocycles. The van der Waals surface area contributed by atoms with E-state index in [2.05, 4.69) is 0 Å². The third-order valence-electron chi connectivity index (χ3n) is 3.45. The van der Waals surface area contributed by atoms with Crippen molar-refractivity contribution in [3.63, 3.8) is 0 Å². The summed E-state index contributed by atoms with van der Waals surface area (Å²) in [5.41, 5.74) is 1.91. The largest absolute Gasteiger partial charge is 0.496 e. The fourth-order valence-electron chi connectivity index (χ4n) is 2.28. The molecule has 2 aromatic rings. The number of esters is 2. The van der Waals surface area contributed by atoms with Gasteiger partial charge >= 0.3 is 11.9 Å². The van der Waals surface area contributed by atoms with Gasteiger partial charge in [-0.2, -0.15) is 0 Å². The fourth-order valence-corrected chi connectivity index (χ4v) is 2.28. The van der Waals surface area contributed by atoms with Gasteiger partial charge in [-0.3, -0.25) is 4.79 Å². The van der Waals surface area contributed by atoms with Crippen LogP contribution in [0.4, 0.5) is 0 Å². The lowest BCUT2D eigenvalue weighted by Crippen LogP contribution is -2.07. The lowest BCUT2D eigenvalue weighted by atomic mass is 9.97. The number of rotatable bonds is 5. The summed E-state index contributed by atoms with van der Waals surface area (Å²) in [6, 6.07) is 9.37. The topological polar surface area (TPSA) is 78.9 Å². The second-order valence-electron chi connectivity index (χ2n) is 4.86. The highest BCUT2D eigenvalue weighted by Gasteiger charge is 2.16. The van der Waals surface area contributed by atoms with E-state index < -0.39 is 11.9 Å². The zero-order valence-corrected chi connectivity index (χ0v) is 13.5. The van der Waals surface area contributed by atoms with Crippen molar-refractivity contribution in [3.8, 4) is 16.9 Å². The van der Waals surface area contributed by atoms with E-state index in [-0.39, 0.29) is 11.1 Å². The molecule has 0 fully saturated rings. The zero-order valence-electron chi connectivity index (χ0n) is 13.5. The van der Waals surface area contributed by atoms with Gasteiger partial charge in [0.25, 0.3) is 0 Å². The molecule has 2 rings (SSSR count). The van der Waals surface area contributed by atoms with Crippen LogP contribution in [-0.4, -0.2) is 39.6 Å². The Bertz CT molecular complexity index is 760. The lowest BCUT2D eigenvalue weighted by molar-refractivity contribution is 0.0599. The normalized spacial score (nSPS) is 9.96. The Morgan fingerprint density at radius 1 is 0.875 bits per heavy atom. The number of benzene rings is 2. The highest BCUT2D eigenvalue weighted by Crippen LogP contribution is 2.32. The van der Waals surface area contributed by atoms with E-state index in [1.807, 2.05) is 0 Å². The fraction of sp³-hybridized carbons (Fsp3) is 0.167. The molecule has 6 nitrogen and oxygen atoms in total. The molecular weight excluding hydrogens is 312 g/mol. The van der Waals surface area contributed by atoms with E-state index >= 15 is 0 Å². The maximum atomic E-state index is 11.9. The first-order chi connectivity index (χ1) is 11.5. The number of carbonyl (C=O) groups excluding carboxylic acids is 3. The SMILES string of the molecule is COC(=O)c1cc(C(=O)OC)cc(-c2cc(C=O)ccc2OC)c1. The van der Waals surface area contributed by atoms with Crippen LogP contribution in [0.3, 0.4) is 0 Å². The first kappa shape index (κ1) is 17.2. The van der Waals surface area contributed by atoms with Crippen molar-refractivity contribution in [1.29, 1.82) is 0 Å². The molecule has 0 aromatic heterocycles. The summed E-state index contributed by atoms with van der Waals surface area (Å²) in [4.78, 5) is 34.8. The van der Waals surface area contributed by atoms with E-state index in [1.165, 1.54) is 27.4 Å².